The van der Waals surface area contributed by atoms with Crippen LogP contribution in [0, 0.1) is 0 Å². The lowest BCUT2D eigenvalue weighted by atomic mass is 10.0. The van der Waals surface area contributed by atoms with Crippen LogP contribution in [-0.4, -0.2) is 16.0 Å². The molecule has 1 atom stereocenters. The van der Waals surface area contributed by atoms with E-state index in [4.69, 9.17) is 0 Å². The van der Waals surface area contributed by atoms with E-state index in [2.05, 4.69) is 53.6 Å². The van der Waals surface area contributed by atoms with Crippen LogP contribution in [0.4, 0.5) is 5.13 Å². The van der Waals surface area contributed by atoms with Crippen molar-refractivity contribution in [3.05, 3.63) is 34.8 Å². The minimum atomic E-state index is 0.366. The fourth-order valence-electron chi connectivity index (χ4n) is 2.17. The number of thioether (sulfide) groups is 1. The molecule has 3 rings (SSSR count). The lowest BCUT2D eigenvalue weighted by molar-refractivity contribution is 0.724. The summed E-state index contributed by atoms with van der Waals surface area (Å²) in [5.74, 6) is 1.60. The molecule has 0 radical (unpaired) electrons. The quantitative estimate of drug-likeness (QED) is 0.914. The predicted octanol–water partition coefficient (Wildman–Crippen LogP) is 4.31. The first-order valence-corrected chi connectivity index (χ1v) is 8.36. The van der Waals surface area contributed by atoms with Crippen LogP contribution < -0.4 is 5.32 Å². The highest BCUT2D eigenvalue weighted by Gasteiger charge is 2.21. The monoisotopic (exact) mass is 291 g/mol. The third kappa shape index (κ3) is 2.77. The molecule has 19 heavy (non-hydrogen) atoms. The van der Waals surface area contributed by atoms with Crippen LogP contribution in [0.25, 0.3) is 0 Å². The summed E-state index contributed by atoms with van der Waals surface area (Å²) in [6.45, 7) is 4.30. The average Bonchev–Trinajstić information content (AvgIpc) is 2.88. The summed E-state index contributed by atoms with van der Waals surface area (Å²) >= 11 is 3.61. The number of anilines is 1. The standard InChI is InChI=1S/C14H17N3S2/c1-9(2)13-16-17-14(19-13)15-11-7-8-18-12-6-4-3-5-10(11)12/h3-6,9,11H,7-8H2,1-2H3,(H,15,17). The van der Waals surface area contributed by atoms with Gasteiger partial charge in [-0.05, 0) is 18.1 Å². The molecular weight excluding hydrogens is 274 g/mol. The van der Waals surface area contributed by atoms with E-state index in [1.54, 1.807) is 11.3 Å². The summed E-state index contributed by atoms with van der Waals surface area (Å²) in [4.78, 5) is 1.39. The molecule has 1 unspecified atom stereocenters. The fraction of sp³-hybridized carbons (Fsp3) is 0.429. The molecule has 2 aromatic rings. The summed E-state index contributed by atoms with van der Waals surface area (Å²) in [6.07, 6.45) is 1.14. The molecule has 0 aliphatic carbocycles. The number of rotatable bonds is 3. The van der Waals surface area contributed by atoms with Gasteiger partial charge in [-0.25, -0.2) is 0 Å². The molecule has 0 fully saturated rings. The van der Waals surface area contributed by atoms with Gasteiger partial charge in [-0.1, -0.05) is 43.4 Å². The Morgan fingerprint density at radius 1 is 1.26 bits per heavy atom. The maximum atomic E-state index is 4.26. The van der Waals surface area contributed by atoms with E-state index in [9.17, 15) is 0 Å². The SMILES string of the molecule is CC(C)c1nnc(NC2CCSc3ccccc32)s1. The Bertz CT molecular complexity index is 565. The van der Waals surface area contributed by atoms with Gasteiger partial charge in [-0.3, -0.25) is 0 Å². The smallest absolute Gasteiger partial charge is 0.206 e. The fourth-order valence-corrected chi connectivity index (χ4v) is 4.09. The minimum Gasteiger partial charge on any atom is -0.353 e. The Kier molecular flexibility index (Phi) is 3.75. The Morgan fingerprint density at radius 2 is 2.11 bits per heavy atom. The first-order valence-electron chi connectivity index (χ1n) is 6.55. The second-order valence-corrected chi connectivity index (χ2v) is 7.12. The van der Waals surface area contributed by atoms with E-state index in [0.717, 1.165) is 22.3 Å². The van der Waals surface area contributed by atoms with Crippen molar-refractivity contribution in [3.8, 4) is 0 Å². The van der Waals surface area contributed by atoms with Gasteiger partial charge in [0.15, 0.2) is 0 Å². The van der Waals surface area contributed by atoms with Crippen molar-refractivity contribution in [1.29, 1.82) is 0 Å². The third-order valence-corrected chi connectivity index (χ3v) is 5.47. The van der Waals surface area contributed by atoms with Gasteiger partial charge < -0.3 is 5.32 Å². The molecule has 1 N–H and O–H groups in total. The van der Waals surface area contributed by atoms with Gasteiger partial charge in [-0.15, -0.1) is 22.0 Å². The lowest BCUT2D eigenvalue weighted by Crippen LogP contribution is -2.15. The molecule has 2 heterocycles. The number of nitrogens with one attached hydrogen (secondary N) is 1. The molecule has 100 valence electrons. The third-order valence-electron chi connectivity index (χ3n) is 3.19. The van der Waals surface area contributed by atoms with Crippen LogP contribution in [0.15, 0.2) is 29.2 Å². The summed E-state index contributed by atoms with van der Waals surface area (Å²) in [5, 5.41) is 14.1. The van der Waals surface area contributed by atoms with Gasteiger partial charge in [0.25, 0.3) is 0 Å². The summed E-state index contributed by atoms with van der Waals surface area (Å²) in [5.41, 5.74) is 1.39. The number of fused-ring (bicyclic) bond motifs is 1. The van der Waals surface area contributed by atoms with E-state index in [-0.39, 0.29) is 0 Å². The molecule has 1 aliphatic heterocycles. The summed E-state index contributed by atoms with van der Waals surface area (Å²) < 4.78 is 0. The van der Waals surface area contributed by atoms with Crippen molar-refractivity contribution in [2.75, 3.05) is 11.1 Å². The van der Waals surface area contributed by atoms with Crippen LogP contribution in [0.5, 0.6) is 0 Å². The zero-order valence-electron chi connectivity index (χ0n) is 11.1. The molecule has 1 aliphatic rings. The van der Waals surface area contributed by atoms with E-state index in [0.29, 0.717) is 12.0 Å². The van der Waals surface area contributed by atoms with E-state index >= 15 is 0 Å². The minimum absolute atomic E-state index is 0.366. The van der Waals surface area contributed by atoms with Crippen molar-refractivity contribution in [1.82, 2.24) is 10.2 Å². The zero-order chi connectivity index (χ0) is 13.2. The second-order valence-electron chi connectivity index (χ2n) is 4.97. The topological polar surface area (TPSA) is 37.8 Å². The van der Waals surface area contributed by atoms with E-state index in [1.807, 2.05) is 11.8 Å². The van der Waals surface area contributed by atoms with Gasteiger partial charge in [0.1, 0.15) is 5.01 Å². The van der Waals surface area contributed by atoms with Crippen LogP contribution in [0.3, 0.4) is 0 Å². The molecule has 0 amide bonds. The van der Waals surface area contributed by atoms with Crippen LogP contribution in [0.2, 0.25) is 0 Å². The lowest BCUT2D eigenvalue weighted by Gasteiger charge is -2.25. The zero-order valence-corrected chi connectivity index (χ0v) is 12.7. The summed E-state index contributed by atoms with van der Waals surface area (Å²) in [6, 6.07) is 9.00. The van der Waals surface area contributed by atoms with E-state index < -0.39 is 0 Å². The predicted molar refractivity (Wildman–Crippen MR) is 82.1 cm³/mol. The average molecular weight is 291 g/mol. The number of aromatic nitrogens is 2. The van der Waals surface area contributed by atoms with Gasteiger partial charge in [-0.2, -0.15) is 0 Å². The molecule has 3 nitrogen and oxygen atoms in total. The number of nitrogens with zero attached hydrogens (tertiary/aromatic N) is 2. The Labute approximate surface area is 121 Å². The highest BCUT2D eigenvalue weighted by molar-refractivity contribution is 7.99. The molecule has 5 heteroatoms. The first kappa shape index (κ1) is 12.9. The largest absolute Gasteiger partial charge is 0.353 e. The highest BCUT2D eigenvalue weighted by Crippen LogP contribution is 2.38. The van der Waals surface area contributed by atoms with Crippen molar-refractivity contribution >= 4 is 28.2 Å². The molecule has 0 bridgehead atoms. The molecule has 1 aromatic heterocycles. The number of hydrogen-bond acceptors (Lipinski definition) is 5. The van der Waals surface area contributed by atoms with Gasteiger partial charge in [0.2, 0.25) is 5.13 Å². The van der Waals surface area contributed by atoms with Gasteiger partial charge in [0.05, 0.1) is 6.04 Å². The molecular formula is C14H17N3S2. The Hall–Kier alpha value is -1.07. The van der Waals surface area contributed by atoms with Crippen LogP contribution >= 0.6 is 23.1 Å². The first-order chi connectivity index (χ1) is 9.24. The van der Waals surface area contributed by atoms with Gasteiger partial charge >= 0.3 is 0 Å². The van der Waals surface area contributed by atoms with Crippen LogP contribution in [0.1, 0.15) is 42.8 Å². The number of hydrogen-bond donors (Lipinski definition) is 1. The normalized spacial score (nSPS) is 18.4. The van der Waals surface area contributed by atoms with Crippen molar-refractivity contribution in [2.45, 2.75) is 37.1 Å². The Morgan fingerprint density at radius 3 is 2.89 bits per heavy atom. The Balaban J connectivity index is 1.80. The highest BCUT2D eigenvalue weighted by atomic mass is 32.2. The van der Waals surface area contributed by atoms with Gasteiger partial charge in [0, 0.05) is 16.6 Å². The molecule has 1 aromatic carbocycles. The molecule has 0 saturated heterocycles. The van der Waals surface area contributed by atoms with Crippen LogP contribution in [-0.2, 0) is 0 Å². The van der Waals surface area contributed by atoms with Crippen molar-refractivity contribution < 1.29 is 0 Å². The van der Waals surface area contributed by atoms with Crippen molar-refractivity contribution in [3.63, 3.8) is 0 Å². The van der Waals surface area contributed by atoms with E-state index in [1.165, 1.54) is 10.5 Å². The molecule has 0 saturated carbocycles. The maximum Gasteiger partial charge on any atom is 0.206 e. The molecule has 0 spiro atoms. The maximum absolute atomic E-state index is 4.26. The second kappa shape index (κ2) is 5.51. The summed E-state index contributed by atoms with van der Waals surface area (Å²) in [7, 11) is 0. The number of benzene rings is 1. The van der Waals surface area contributed by atoms with Crippen molar-refractivity contribution in [2.24, 2.45) is 0 Å².